The summed E-state index contributed by atoms with van der Waals surface area (Å²) in [4.78, 5) is 12.6. The van der Waals surface area contributed by atoms with Crippen molar-refractivity contribution in [1.29, 1.82) is 5.26 Å². The molecule has 0 saturated carbocycles. The van der Waals surface area contributed by atoms with Crippen LogP contribution in [0, 0.1) is 18.3 Å². The number of halogens is 1. The monoisotopic (exact) mass is 474 g/mol. The van der Waals surface area contributed by atoms with Crippen molar-refractivity contribution >= 4 is 33.6 Å². The molecule has 0 fully saturated rings. The molecular formula is C26H23BrN2O2. The van der Waals surface area contributed by atoms with Crippen LogP contribution in [-0.2, 0) is 11.2 Å². The van der Waals surface area contributed by atoms with Gasteiger partial charge >= 0.3 is 0 Å². The Morgan fingerprint density at radius 1 is 1.10 bits per heavy atom. The van der Waals surface area contributed by atoms with Gasteiger partial charge < -0.3 is 10.1 Å². The van der Waals surface area contributed by atoms with Crippen LogP contribution in [0.5, 0.6) is 5.75 Å². The van der Waals surface area contributed by atoms with Gasteiger partial charge in [-0.3, -0.25) is 4.79 Å². The van der Waals surface area contributed by atoms with E-state index in [1.807, 2.05) is 80.6 Å². The second-order valence-corrected chi connectivity index (χ2v) is 7.91. The quantitative estimate of drug-likeness (QED) is 0.323. The number of anilines is 1. The van der Waals surface area contributed by atoms with Gasteiger partial charge in [0.05, 0.1) is 6.61 Å². The summed E-state index contributed by atoms with van der Waals surface area (Å²) in [6, 6.07) is 23.2. The molecule has 0 unspecified atom stereocenters. The van der Waals surface area contributed by atoms with E-state index < -0.39 is 5.91 Å². The Morgan fingerprint density at radius 2 is 1.84 bits per heavy atom. The molecular weight excluding hydrogens is 452 g/mol. The molecule has 0 bridgehead atoms. The first-order valence-electron chi connectivity index (χ1n) is 9.99. The fourth-order valence-corrected chi connectivity index (χ4v) is 3.52. The number of nitrogens with one attached hydrogen (secondary N) is 1. The molecule has 0 atom stereocenters. The summed E-state index contributed by atoms with van der Waals surface area (Å²) in [5.74, 6) is 0.296. The first-order valence-corrected chi connectivity index (χ1v) is 10.8. The molecule has 5 heteroatoms. The highest BCUT2D eigenvalue weighted by Crippen LogP contribution is 2.27. The van der Waals surface area contributed by atoms with Crippen molar-refractivity contribution in [2.45, 2.75) is 20.3 Å². The molecule has 0 radical (unpaired) electrons. The third-order valence-corrected chi connectivity index (χ3v) is 5.49. The lowest BCUT2D eigenvalue weighted by Gasteiger charge is -2.12. The summed E-state index contributed by atoms with van der Waals surface area (Å²) in [6.07, 6.45) is 2.29. The number of aryl methyl sites for hydroxylation is 1. The molecule has 1 N–H and O–H groups in total. The highest BCUT2D eigenvalue weighted by molar-refractivity contribution is 9.10. The van der Waals surface area contributed by atoms with Crippen LogP contribution < -0.4 is 10.1 Å². The third kappa shape index (κ3) is 6.07. The third-order valence-electron chi connectivity index (χ3n) is 4.72. The summed E-state index contributed by atoms with van der Waals surface area (Å²) in [5.41, 5.74) is 4.70. The smallest absolute Gasteiger partial charge is 0.266 e. The van der Waals surface area contributed by atoms with Gasteiger partial charge in [-0.15, -0.1) is 0 Å². The van der Waals surface area contributed by atoms with Crippen molar-refractivity contribution in [3.05, 3.63) is 99.0 Å². The summed E-state index contributed by atoms with van der Waals surface area (Å²) in [5, 5.41) is 12.3. The predicted molar refractivity (Wildman–Crippen MR) is 128 cm³/mol. The Kier molecular flexibility index (Phi) is 7.64. The second-order valence-electron chi connectivity index (χ2n) is 7.06. The first-order chi connectivity index (χ1) is 15.0. The summed E-state index contributed by atoms with van der Waals surface area (Å²) in [6.45, 7) is 4.43. The molecule has 4 nitrogen and oxygen atoms in total. The minimum absolute atomic E-state index is 0.0292. The average molecular weight is 475 g/mol. The number of hydrogen-bond acceptors (Lipinski definition) is 3. The molecule has 31 heavy (non-hydrogen) atoms. The van der Waals surface area contributed by atoms with Crippen molar-refractivity contribution in [2.75, 3.05) is 11.9 Å². The number of carbonyl (C=O) groups excluding carboxylic acids is 1. The van der Waals surface area contributed by atoms with E-state index in [1.54, 1.807) is 6.08 Å². The summed E-state index contributed by atoms with van der Waals surface area (Å²) in [7, 11) is 0. The van der Waals surface area contributed by atoms with E-state index in [0.29, 0.717) is 18.7 Å². The van der Waals surface area contributed by atoms with Crippen molar-refractivity contribution in [1.82, 2.24) is 0 Å². The lowest BCUT2D eigenvalue weighted by atomic mass is 10.0. The van der Waals surface area contributed by atoms with Crippen LogP contribution >= 0.6 is 15.9 Å². The highest BCUT2D eigenvalue weighted by Gasteiger charge is 2.12. The standard InChI is InChI=1S/C26H23BrN2O2/c1-3-31-25-15-19(10-11-21(25)16-20-6-4-5-7-24(20)27)14-22(17-28)26(30)29-23-12-8-18(2)9-13-23/h4-15H,3,16H2,1-2H3,(H,29,30)/b22-14+. The average Bonchev–Trinajstić information content (AvgIpc) is 2.77. The molecule has 0 saturated heterocycles. The van der Waals surface area contributed by atoms with Gasteiger partial charge in [-0.05, 0) is 60.9 Å². The fourth-order valence-electron chi connectivity index (χ4n) is 3.09. The molecule has 0 aromatic heterocycles. The number of rotatable bonds is 7. The number of nitrogens with zero attached hydrogens (tertiary/aromatic N) is 1. The van der Waals surface area contributed by atoms with Crippen LogP contribution in [0.1, 0.15) is 29.2 Å². The Balaban J connectivity index is 1.85. The van der Waals surface area contributed by atoms with E-state index >= 15 is 0 Å². The summed E-state index contributed by atoms with van der Waals surface area (Å²) >= 11 is 3.59. The molecule has 3 rings (SSSR count). The normalized spacial score (nSPS) is 11.0. The van der Waals surface area contributed by atoms with Crippen molar-refractivity contribution in [3.63, 3.8) is 0 Å². The number of amides is 1. The van der Waals surface area contributed by atoms with Crippen molar-refractivity contribution in [3.8, 4) is 11.8 Å². The number of ether oxygens (including phenoxy) is 1. The summed E-state index contributed by atoms with van der Waals surface area (Å²) < 4.78 is 6.89. The predicted octanol–water partition coefficient (Wildman–Crippen LogP) is 6.29. The van der Waals surface area contributed by atoms with E-state index in [-0.39, 0.29) is 5.57 Å². The van der Waals surface area contributed by atoms with Crippen molar-refractivity contribution in [2.24, 2.45) is 0 Å². The molecule has 0 heterocycles. The zero-order chi connectivity index (χ0) is 22.2. The number of carbonyl (C=O) groups is 1. The van der Waals surface area contributed by atoms with Crippen molar-refractivity contribution < 1.29 is 9.53 Å². The van der Waals surface area contributed by atoms with Crippen LogP contribution in [0.2, 0.25) is 0 Å². The SMILES string of the molecule is CCOc1cc(/C=C(\C#N)C(=O)Nc2ccc(C)cc2)ccc1Cc1ccccc1Br. The lowest BCUT2D eigenvalue weighted by molar-refractivity contribution is -0.112. The van der Waals surface area contributed by atoms with Gasteiger partial charge in [0.25, 0.3) is 5.91 Å². The maximum atomic E-state index is 12.6. The lowest BCUT2D eigenvalue weighted by Crippen LogP contribution is -2.13. The van der Waals surface area contributed by atoms with Gasteiger partial charge in [-0.25, -0.2) is 0 Å². The van der Waals surface area contributed by atoms with E-state index in [2.05, 4.69) is 27.3 Å². The van der Waals surface area contributed by atoms with E-state index in [9.17, 15) is 10.1 Å². The van der Waals surface area contributed by atoms with Crippen LogP contribution in [0.25, 0.3) is 6.08 Å². The topological polar surface area (TPSA) is 62.1 Å². The zero-order valence-corrected chi connectivity index (χ0v) is 19.1. The van der Waals surface area contributed by atoms with Gasteiger partial charge in [0.2, 0.25) is 0 Å². The Morgan fingerprint density at radius 3 is 2.52 bits per heavy atom. The van der Waals surface area contributed by atoms with Gasteiger partial charge in [0.1, 0.15) is 17.4 Å². The van der Waals surface area contributed by atoms with Crippen LogP contribution in [0.3, 0.4) is 0 Å². The van der Waals surface area contributed by atoms with Crippen LogP contribution in [0.15, 0.2) is 76.8 Å². The Hall–Kier alpha value is -3.36. The minimum atomic E-state index is -0.443. The molecule has 0 aliphatic carbocycles. The maximum Gasteiger partial charge on any atom is 0.266 e. The molecule has 0 aliphatic rings. The molecule has 3 aromatic carbocycles. The van der Waals surface area contributed by atoms with E-state index in [1.165, 1.54) is 0 Å². The van der Waals surface area contributed by atoms with E-state index in [0.717, 1.165) is 32.5 Å². The van der Waals surface area contributed by atoms with E-state index in [4.69, 9.17) is 4.74 Å². The molecule has 3 aromatic rings. The van der Waals surface area contributed by atoms with Gasteiger partial charge in [-0.1, -0.05) is 64.0 Å². The fraction of sp³-hybridized carbons (Fsp3) is 0.154. The van der Waals surface area contributed by atoms with Crippen LogP contribution in [-0.4, -0.2) is 12.5 Å². The number of hydrogen-bond donors (Lipinski definition) is 1. The first kappa shape index (κ1) is 22.3. The second kappa shape index (κ2) is 10.6. The largest absolute Gasteiger partial charge is 0.494 e. The molecule has 1 amide bonds. The van der Waals surface area contributed by atoms with Gasteiger partial charge in [-0.2, -0.15) is 5.26 Å². The number of benzene rings is 3. The Labute approximate surface area is 191 Å². The molecule has 0 aliphatic heterocycles. The minimum Gasteiger partial charge on any atom is -0.494 e. The molecule has 0 spiro atoms. The van der Waals surface area contributed by atoms with Gasteiger partial charge in [0.15, 0.2) is 0 Å². The molecule has 156 valence electrons. The highest BCUT2D eigenvalue weighted by atomic mass is 79.9. The zero-order valence-electron chi connectivity index (χ0n) is 17.5. The van der Waals surface area contributed by atoms with Crippen LogP contribution in [0.4, 0.5) is 5.69 Å². The number of nitriles is 1. The Bertz CT molecular complexity index is 1140. The maximum absolute atomic E-state index is 12.6. The van der Waals surface area contributed by atoms with Gasteiger partial charge in [0, 0.05) is 16.6 Å².